The number of anilines is 2. The van der Waals surface area contributed by atoms with Crippen LogP contribution in [-0.4, -0.2) is 17.6 Å². The van der Waals surface area contributed by atoms with Crippen LogP contribution in [0.1, 0.15) is 28.3 Å². The van der Waals surface area contributed by atoms with Gasteiger partial charge in [0.25, 0.3) is 0 Å². The number of rotatable bonds is 2. The summed E-state index contributed by atoms with van der Waals surface area (Å²) in [4.78, 5) is 35.3. The van der Waals surface area contributed by atoms with E-state index in [0.29, 0.717) is 22.7 Å². The molecule has 0 saturated carbocycles. The number of aryl methyl sites for hydroxylation is 1. The molecule has 0 radical (unpaired) electrons. The van der Waals surface area contributed by atoms with Crippen molar-refractivity contribution >= 4 is 29.0 Å². The summed E-state index contributed by atoms with van der Waals surface area (Å²) in [6.07, 6.45) is -0.241. The molecule has 0 fully saturated rings. The third-order valence-corrected chi connectivity index (χ3v) is 3.12. The number of ketones is 1. The Labute approximate surface area is 120 Å². The van der Waals surface area contributed by atoms with E-state index in [-0.39, 0.29) is 23.9 Å². The highest BCUT2D eigenvalue weighted by molar-refractivity contribution is 6.15. The number of amides is 2. The van der Waals surface area contributed by atoms with Gasteiger partial charge in [-0.1, -0.05) is 0 Å². The smallest absolute Gasteiger partial charge is 0.233 e. The Kier molecular flexibility index (Phi) is 3.06. The first-order valence-corrected chi connectivity index (χ1v) is 6.38. The van der Waals surface area contributed by atoms with Gasteiger partial charge >= 0.3 is 0 Å². The lowest BCUT2D eigenvalue weighted by atomic mass is 10.1. The van der Waals surface area contributed by atoms with Gasteiger partial charge in [0, 0.05) is 5.56 Å². The fraction of sp³-hybridized carbons (Fsp3) is 0.133. The fourth-order valence-electron chi connectivity index (χ4n) is 2.13. The van der Waals surface area contributed by atoms with E-state index in [1.54, 1.807) is 31.2 Å². The van der Waals surface area contributed by atoms with E-state index in [1.807, 2.05) is 0 Å². The number of hydrogen-bond donors (Lipinski definition) is 2. The minimum Gasteiger partial charge on any atom is -0.458 e. The summed E-state index contributed by atoms with van der Waals surface area (Å²) in [5.74, 6) is -0.197. The maximum Gasteiger partial charge on any atom is 0.233 e. The molecule has 1 aromatic carbocycles. The number of nitrogens with one attached hydrogen (secondary N) is 2. The van der Waals surface area contributed by atoms with Gasteiger partial charge < -0.3 is 15.1 Å². The van der Waals surface area contributed by atoms with Gasteiger partial charge in [-0.3, -0.25) is 14.4 Å². The second-order valence-electron chi connectivity index (χ2n) is 4.77. The van der Waals surface area contributed by atoms with Crippen LogP contribution in [0.3, 0.4) is 0 Å². The van der Waals surface area contributed by atoms with Crippen LogP contribution in [0.4, 0.5) is 11.4 Å². The third-order valence-electron chi connectivity index (χ3n) is 3.12. The second kappa shape index (κ2) is 4.90. The lowest BCUT2D eigenvalue weighted by molar-refractivity contribution is -0.123. The zero-order valence-corrected chi connectivity index (χ0v) is 11.2. The summed E-state index contributed by atoms with van der Waals surface area (Å²) < 4.78 is 5.30. The van der Waals surface area contributed by atoms with Crippen LogP contribution in [0.5, 0.6) is 0 Å². The van der Waals surface area contributed by atoms with Gasteiger partial charge in [-0.15, -0.1) is 0 Å². The minimum absolute atomic E-state index is 0.233. The monoisotopic (exact) mass is 284 g/mol. The molecule has 6 nitrogen and oxygen atoms in total. The summed E-state index contributed by atoms with van der Waals surface area (Å²) >= 11 is 0. The van der Waals surface area contributed by atoms with Crippen molar-refractivity contribution < 1.29 is 18.8 Å². The zero-order valence-electron chi connectivity index (χ0n) is 11.2. The predicted molar refractivity (Wildman–Crippen MR) is 75.2 cm³/mol. The summed E-state index contributed by atoms with van der Waals surface area (Å²) in [7, 11) is 0. The molecule has 6 heteroatoms. The lowest BCUT2D eigenvalue weighted by Gasteiger charge is -2.08. The van der Waals surface area contributed by atoms with Gasteiger partial charge in [0.2, 0.25) is 17.6 Å². The maximum atomic E-state index is 12.3. The van der Waals surface area contributed by atoms with Crippen molar-refractivity contribution in [2.24, 2.45) is 0 Å². The van der Waals surface area contributed by atoms with E-state index in [9.17, 15) is 14.4 Å². The van der Waals surface area contributed by atoms with Crippen molar-refractivity contribution in [1.29, 1.82) is 0 Å². The number of hydrogen-bond acceptors (Lipinski definition) is 4. The van der Waals surface area contributed by atoms with Crippen molar-refractivity contribution in [2.45, 2.75) is 13.3 Å². The summed E-state index contributed by atoms with van der Waals surface area (Å²) in [6.45, 7) is 1.75. The molecule has 2 heterocycles. The molecular formula is C15H12N2O4. The van der Waals surface area contributed by atoms with Gasteiger partial charge in [0.1, 0.15) is 12.2 Å². The molecule has 106 valence electrons. The number of carbonyl (C=O) groups is 3. The quantitative estimate of drug-likeness (QED) is 0.653. The Hall–Kier alpha value is -2.89. The normalized spacial score (nSPS) is 14.0. The van der Waals surface area contributed by atoms with Gasteiger partial charge in [-0.25, -0.2) is 0 Å². The first kappa shape index (κ1) is 13.1. The van der Waals surface area contributed by atoms with Crippen molar-refractivity contribution in [1.82, 2.24) is 0 Å². The van der Waals surface area contributed by atoms with E-state index in [2.05, 4.69) is 10.6 Å². The van der Waals surface area contributed by atoms with Crippen LogP contribution in [-0.2, 0) is 9.59 Å². The molecule has 1 aliphatic rings. The molecule has 0 bridgehead atoms. The molecule has 2 aromatic rings. The number of fused-ring (bicyclic) bond motifs is 1. The van der Waals surface area contributed by atoms with E-state index in [1.165, 1.54) is 6.07 Å². The molecule has 1 aliphatic heterocycles. The van der Waals surface area contributed by atoms with Crippen LogP contribution in [0.2, 0.25) is 0 Å². The molecule has 0 spiro atoms. The predicted octanol–water partition coefficient (Wildman–Crippen LogP) is 2.10. The van der Waals surface area contributed by atoms with Gasteiger partial charge in [-0.2, -0.15) is 0 Å². The van der Waals surface area contributed by atoms with Crippen LogP contribution >= 0.6 is 0 Å². The third kappa shape index (κ3) is 2.55. The Morgan fingerprint density at radius 3 is 2.43 bits per heavy atom. The summed E-state index contributed by atoms with van der Waals surface area (Å²) in [5.41, 5.74) is 1.25. The maximum absolute atomic E-state index is 12.3. The van der Waals surface area contributed by atoms with Crippen LogP contribution in [0, 0.1) is 6.92 Å². The van der Waals surface area contributed by atoms with E-state index >= 15 is 0 Å². The average Bonchev–Trinajstić information content (AvgIpc) is 2.79. The zero-order chi connectivity index (χ0) is 15.0. The SMILES string of the molecule is Cc1ccc(C(=O)c2ccc3c(c2)NC(=O)CC(=O)N3)o1. The molecule has 21 heavy (non-hydrogen) atoms. The minimum atomic E-state index is -0.412. The van der Waals surface area contributed by atoms with Gasteiger partial charge in [0.15, 0.2) is 5.76 Å². The van der Waals surface area contributed by atoms with Crippen molar-refractivity contribution in [2.75, 3.05) is 10.6 Å². The van der Waals surface area contributed by atoms with Crippen LogP contribution < -0.4 is 10.6 Å². The Balaban J connectivity index is 1.97. The standard InChI is InChI=1S/C15H12N2O4/c1-8-2-5-12(21-8)15(20)9-3-4-10-11(6-9)17-14(19)7-13(18)16-10/h2-6H,7H2,1H3,(H,16,18)(H,17,19). The molecule has 0 atom stereocenters. The Bertz CT molecular complexity index is 761. The van der Waals surface area contributed by atoms with Crippen LogP contribution in [0.15, 0.2) is 34.7 Å². The molecule has 0 aliphatic carbocycles. The highest BCUT2D eigenvalue weighted by Crippen LogP contribution is 2.27. The summed E-state index contributed by atoms with van der Waals surface area (Å²) in [6, 6.07) is 8.00. The Morgan fingerprint density at radius 2 is 1.76 bits per heavy atom. The van der Waals surface area contributed by atoms with Gasteiger partial charge in [0.05, 0.1) is 11.4 Å². The Morgan fingerprint density at radius 1 is 1.05 bits per heavy atom. The number of furan rings is 1. The van der Waals surface area contributed by atoms with E-state index in [4.69, 9.17) is 4.42 Å². The highest BCUT2D eigenvalue weighted by atomic mass is 16.3. The average molecular weight is 284 g/mol. The summed E-state index contributed by atoms with van der Waals surface area (Å²) in [5, 5.41) is 5.21. The van der Waals surface area contributed by atoms with Crippen LogP contribution in [0.25, 0.3) is 0 Å². The first-order chi connectivity index (χ1) is 10.0. The molecule has 0 unspecified atom stereocenters. The highest BCUT2D eigenvalue weighted by Gasteiger charge is 2.20. The van der Waals surface area contributed by atoms with Crippen molar-refractivity contribution in [3.8, 4) is 0 Å². The molecular weight excluding hydrogens is 272 g/mol. The van der Waals surface area contributed by atoms with Crippen molar-refractivity contribution in [3.63, 3.8) is 0 Å². The topological polar surface area (TPSA) is 88.4 Å². The van der Waals surface area contributed by atoms with E-state index in [0.717, 1.165) is 0 Å². The number of carbonyl (C=O) groups excluding carboxylic acids is 3. The van der Waals surface area contributed by atoms with Crippen molar-refractivity contribution in [3.05, 3.63) is 47.4 Å². The lowest BCUT2D eigenvalue weighted by Crippen LogP contribution is -2.16. The molecule has 2 amide bonds. The molecule has 2 N–H and O–H groups in total. The second-order valence-corrected chi connectivity index (χ2v) is 4.77. The molecule has 1 aromatic heterocycles. The van der Waals surface area contributed by atoms with E-state index < -0.39 is 5.91 Å². The largest absolute Gasteiger partial charge is 0.458 e. The molecule has 3 rings (SSSR count). The first-order valence-electron chi connectivity index (χ1n) is 6.38. The fourth-order valence-corrected chi connectivity index (χ4v) is 2.13. The number of benzene rings is 1. The molecule has 0 saturated heterocycles. The van der Waals surface area contributed by atoms with Gasteiger partial charge in [-0.05, 0) is 37.3 Å².